The summed E-state index contributed by atoms with van der Waals surface area (Å²) in [7, 11) is 0. The average molecular weight is 285 g/mol. The predicted molar refractivity (Wildman–Crippen MR) is 70.4 cm³/mol. The van der Waals surface area contributed by atoms with Gasteiger partial charge in [-0.15, -0.1) is 23.7 Å². The fraction of sp³-hybridized carbons (Fsp3) is 0.0833. The largest absolute Gasteiger partial charge is 0.505 e. The third-order valence-corrected chi connectivity index (χ3v) is 3.40. The summed E-state index contributed by atoms with van der Waals surface area (Å²) >= 11 is 1.39. The van der Waals surface area contributed by atoms with Gasteiger partial charge in [-0.1, -0.05) is 6.07 Å². The molecule has 0 radical (unpaired) electrons. The van der Waals surface area contributed by atoms with Crippen molar-refractivity contribution >= 4 is 23.7 Å². The van der Waals surface area contributed by atoms with Crippen molar-refractivity contribution < 1.29 is 9.50 Å². The number of nitrogens with zero attached hydrogens (tertiary/aromatic N) is 1. The first-order valence-corrected chi connectivity index (χ1v) is 5.73. The number of thiophene rings is 1. The van der Waals surface area contributed by atoms with Gasteiger partial charge in [-0.25, -0.2) is 4.39 Å². The van der Waals surface area contributed by atoms with E-state index in [1.165, 1.54) is 17.4 Å². The lowest BCUT2D eigenvalue weighted by atomic mass is 9.99. The first-order valence-electron chi connectivity index (χ1n) is 4.85. The quantitative estimate of drug-likeness (QED) is 0.891. The molecule has 18 heavy (non-hydrogen) atoms. The molecule has 1 aromatic heterocycles. The van der Waals surface area contributed by atoms with Gasteiger partial charge in [0.1, 0.15) is 0 Å². The minimum atomic E-state index is -0.772. The molecule has 1 heterocycles. The number of nitriles is 1. The number of hydrogen-bond donors (Lipinski definition) is 2. The zero-order chi connectivity index (χ0) is 12.4. The summed E-state index contributed by atoms with van der Waals surface area (Å²) in [4.78, 5) is 0.766. The van der Waals surface area contributed by atoms with Crippen molar-refractivity contribution in [2.24, 2.45) is 5.73 Å². The SMILES string of the molecule is Cl.N#Cc1ccc(F)c(O)c1[C@H](N)c1cccs1. The van der Waals surface area contributed by atoms with Crippen LogP contribution in [0.2, 0.25) is 0 Å². The number of rotatable bonds is 2. The van der Waals surface area contributed by atoms with E-state index < -0.39 is 17.6 Å². The van der Waals surface area contributed by atoms with E-state index in [-0.39, 0.29) is 23.5 Å². The molecule has 0 fully saturated rings. The number of halogens is 2. The van der Waals surface area contributed by atoms with Crippen molar-refractivity contribution in [3.8, 4) is 11.8 Å². The molecule has 1 atom stereocenters. The van der Waals surface area contributed by atoms with Crippen LogP contribution in [0.5, 0.6) is 5.75 Å². The van der Waals surface area contributed by atoms with Crippen LogP contribution in [0.3, 0.4) is 0 Å². The van der Waals surface area contributed by atoms with Gasteiger partial charge in [0.25, 0.3) is 0 Å². The van der Waals surface area contributed by atoms with Crippen molar-refractivity contribution in [3.63, 3.8) is 0 Å². The Morgan fingerprint density at radius 3 is 2.67 bits per heavy atom. The molecule has 0 bridgehead atoms. The van der Waals surface area contributed by atoms with Crippen molar-refractivity contribution in [3.05, 3.63) is 51.5 Å². The molecule has 3 N–H and O–H groups in total. The Kier molecular flexibility index (Phi) is 4.68. The number of hydrogen-bond acceptors (Lipinski definition) is 4. The molecule has 0 saturated carbocycles. The van der Waals surface area contributed by atoms with Crippen LogP contribution in [-0.2, 0) is 0 Å². The minimum absolute atomic E-state index is 0. The molecule has 0 spiro atoms. The van der Waals surface area contributed by atoms with Crippen LogP contribution < -0.4 is 5.73 Å². The Morgan fingerprint density at radius 1 is 1.39 bits per heavy atom. The highest BCUT2D eigenvalue weighted by molar-refractivity contribution is 7.10. The van der Waals surface area contributed by atoms with E-state index in [2.05, 4.69) is 0 Å². The fourth-order valence-corrected chi connectivity index (χ4v) is 2.34. The Morgan fingerprint density at radius 2 is 2.11 bits per heavy atom. The summed E-state index contributed by atoms with van der Waals surface area (Å²) in [6.45, 7) is 0. The van der Waals surface area contributed by atoms with Gasteiger partial charge in [-0.2, -0.15) is 5.26 Å². The first-order chi connectivity index (χ1) is 8.15. The summed E-state index contributed by atoms with van der Waals surface area (Å²) < 4.78 is 13.3. The highest BCUT2D eigenvalue weighted by Gasteiger charge is 2.21. The van der Waals surface area contributed by atoms with Crippen molar-refractivity contribution in [1.29, 1.82) is 5.26 Å². The zero-order valence-electron chi connectivity index (χ0n) is 9.13. The number of phenolic OH excluding ortho intramolecular Hbond substituents is 1. The topological polar surface area (TPSA) is 70.0 Å². The second-order valence-electron chi connectivity index (χ2n) is 3.46. The van der Waals surface area contributed by atoms with Gasteiger partial charge in [0.05, 0.1) is 17.7 Å². The molecular formula is C12H10ClFN2OS. The second-order valence-corrected chi connectivity index (χ2v) is 4.44. The second kappa shape index (κ2) is 5.83. The number of phenols is 1. The van der Waals surface area contributed by atoms with Gasteiger partial charge in [0.15, 0.2) is 11.6 Å². The van der Waals surface area contributed by atoms with Crippen molar-refractivity contribution in [2.75, 3.05) is 0 Å². The molecule has 3 nitrogen and oxygen atoms in total. The standard InChI is InChI=1S/C12H9FN2OS.ClH/c13-8-4-3-7(6-14)10(12(8)16)11(15)9-2-1-5-17-9;/h1-5,11,16H,15H2;1H/t11-;/m1./s1. The van der Waals surface area contributed by atoms with Gasteiger partial charge in [-0.05, 0) is 23.6 Å². The highest BCUT2D eigenvalue weighted by Crippen LogP contribution is 2.34. The van der Waals surface area contributed by atoms with Gasteiger partial charge in [0.2, 0.25) is 0 Å². The normalized spacial score (nSPS) is 11.4. The van der Waals surface area contributed by atoms with Crippen LogP contribution in [0.15, 0.2) is 29.6 Å². The summed E-state index contributed by atoms with van der Waals surface area (Å²) in [6, 6.07) is 7.17. The van der Waals surface area contributed by atoms with Crippen molar-refractivity contribution in [1.82, 2.24) is 0 Å². The summed E-state index contributed by atoms with van der Waals surface area (Å²) in [5, 5.41) is 20.5. The highest BCUT2D eigenvalue weighted by atomic mass is 35.5. The third kappa shape index (κ3) is 2.46. The lowest BCUT2D eigenvalue weighted by molar-refractivity contribution is 0.423. The van der Waals surface area contributed by atoms with Gasteiger partial charge in [0, 0.05) is 10.4 Å². The van der Waals surface area contributed by atoms with E-state index in [9.17, 15) is 9.50 Å². The van der Waals surface area contributed by atoms with Gasteiger partial charge in [-0.3, -0.25) is 0 Å². The number of nitrogens with two attached hydrogens (primary N) is 1. The smallest absolute Gasteiger partial charge is 0.165 e. The van der Waals surface area contributed by atoms with Crippen LogP contribution in [0.4, 0.5) is 4.39 Å². The predicted octanol–water partition coefficient (Wildman–Crippen LogP) is 2.93. The van der Waals surface area contributed by atoms with E-state index >= 15 is 0 Å². The van der Waals surface area contributed by atoms with Gasteiger partial charge < -0.3 is 10.8 Å². The van der Waals surface area contributed by atoms with Crippen LogP contribution >= 0.6 is 23.7 Å². The number of aromatic hydroxyl groups is 1. The fourth-order valence-electron chi connectivity index (χ4n) is 1.60. The Bertz CT molecular complexity index is 581. The molecule has 6 heteroatoms. The first kappa shape index (κ1) is 14.5. The maximum atomic E-state index is 13.3. The van der Waals surface area contributed by atoms with E-state index in [0.29, 0.717) is 0 Å². The lowest BCUT2D eigenvalue weighted by Crippen LogP contribution is -2.12. The molecule has 0 aliphatic heterocycles. The minimum Gasteiger partial charge on any atom is -0.505 e. The van der Waals surface area contributed by atoms with Crippen LogP contribution in [0.1, 0.15) is 22.0 Å². The van der Waals surface area contributed by atoms with E-state index in [4.69, 9.17) is 11.0 Å². The molecule has 0 unspecified atom stereocenters. The molecule has 0 aliphatic rings. The van der Waals surface area contributed by atoms with Crippen LogP contribution in [0.25, 0.3) is 0 Å². The monoisotopic (exact) mass is 284 g/mol. The zero-order valence-corrected chi connectivity index (χ0v) is 10.8. The van der Waals surface area contributed by atoms with E-state index in [1.807, 2.05) is 17.5 Å². The molecule has 0 aliphatic carbocycles. The summed E-state index contributed by atoms with van der Waals surface area (Å²) in [5.74, 6) is -1.32. The molecule has 94 valence electrons. The van der Waals surface area contributed by atoms with Gasteiger partial charge >= 0.3 is 0 Å². The summed E-state index contributed by atoms with van der Waals surface area (Å²) in [6.07, 6.45) is 0. The molecular weight excluding hydrogens is 275 g/mol. The Labute approximate surface area is 114 Å². The van der Waals surface area contributed by atoms with E-state index in [1.54, 1.807) is 6.07 Å². The number of benzene rings is 1. The molecule has 1 aromatic carbocycles. The van der Waals surface area contributed by atoms with Crippen LogP contribution in [-0.4, -0.2) is 5.11 Å². The Hall–Kier alpha value is -1.61. The van der Waals surface area contributed by atoms with Crippen LogP contribution in [0, 0.1) is 17.1 Å². The van der Waals surface area contributed by atoms with E-state index in [0.717, 1.165) is 10.9 Å². The summed E-state index contributed by atoms with van der Waals surface area (Å²) in [5.41, 5.74) is 6.26. The Balaban J connectivity index is 0.00000162. The van der Waals surface area contributed by atoms with Crippen molar-refractivity contribution in [2.45, 2.75) is 6.04 Å². The maximum absolute atomic E-state index is 13.3. The molecule has 2 rings (SSSR count). The molecule has 2 aromatic rings. The average Bonchev–Trinajstić information content (AvgIpc) is 2.85. The molecule has 0 saturated heterocycles. The lowest BCUT2D eigenvalue weighted by Gasteiger charge is -2.14. The molecule has 0 amide bonds. The third-order valence-electron chi connectivity index (χ3n) is 2.45. The maximum Gasteiger partial charge on any atom is 0.165 e.